The lowest BCUT2D eigenvalue weighted by Gasteiger charge is -2.25. The van der Waals surface area contributed by atoms with E-state index in [2.05, 4.69) is 10.1 Å². The van der Waals surface area contributed by atoms with E-state index in [-0.39, 0.29) is 12.5 Å². The van der Waals surface area contributed by atoms with E-state index in [0.717, 1.165) is 18.9 Å². The molecule has 0 aromatic heterocycles. The summed E-state index contributed by atoms with van der Waals surface area (Å²) in [6, 6.07) is 0. The highest BCUT2D eigenvalue weighted by atomic mass is 16.5. The molecule has 12 heavy (non-hydrogen) atoms. The van der Waals surface area contributed by atoms with E-state index in [1.165, 1.54) is 26.4 Å². The third-order valence-electron chi connectivity index (χ3n) is 2.37. The van der Waals surface area contributed by atoms with Crippen molar-refractivity contribution in [1.29, 1.82) is 0 Å². The lowest BCUT2D eigenvalue weighted by Crippen LogP contribution is -2.30. The number of hydrogen-bond acceptors (Lipinski definition) is 2. The zero-order valence-corrected chi connectivity index (χ0v) is 7.64. The van der Waals surface area contributed by atoms with Crippen molar-refractivity contribution < 1.29 is 9.53 Å². The molecule has 0 aliphatic heterocycles. The summed E-state index contributed by atoms with van der Waals surface area (Å²) in [5, 5.41) is 2.82. The number of carbonyl (C=O) groups is 1. The molecule has 0 spiro atoms. The number of hydrogen-bond donors (Lipinski definition) is 1. The van der Waals surface area contributed by atoms with Gasteiger partial charge in [-0.15, -0.1) is 0 Å². The maximum Gasteiger partial charge on any atom is 0.245 e. The van der Waals surface area contributed by atoms with Crippen molar-refractivity contribution in [2.24, 2.45) is 5.92 Å². The molecule has 3 nitrogen and oxygen atoms in total. The van der Waals surface area contributed by atoms with Gasteiger partial charge in [-0.1, -0.05) is 19.3 Å². The summed E-state index contributed by atoms with van der Waals surface area (Å²) in [6.45, 7) is 0.998. The van der Waals surface area contributed by atoms with E-state index in [4.69, 9.17) is 0 Å². The van der Waals surface area contributed by atoms with E-state index in [1.54, 1.807) is 0 Å². The van der Waals surface area contributed by atoms with Gasteiger partial charge in [-0.3, -0.25) is 4.79 Å². The highest BCUT2D eigenvalue weighted by molar-refractivity contribution is 5.77. The minimum atomic E-state index is -0.00294. The molecule has 1 fully saturated rings. The number of amides is 1. The Morgan fingerprint density at radius 1 is 1.58 bits per heavy atom. The summed E-state index contributed by atoms with van der Waals surface area (Å²) in [5.74, 6) is 0.865. The normalized spacial score (nSPS) is 17.1. The van der Waals surface area contributed by atoms with Gasteiger partial charge in [-0.2, -0.15) is 0 Å². The molecule has 0 unspecified atom stereocenters. The molecule has 3 heteroatoms. The first-order valence-electron chi connectivity index (χ1n) is 4.58. The maximum absolute atomic E-state index is 10.9. The highest BCUT2D eigenvalue weighted by Crippen LogP contribution is 2.28. The van der Waals surface area contributed by atoms with E-state index in [9.17, 15) is 4.79 Å². The molecule has 0 saturated heterocycles. The summed E-state index contributed by atoms with van der Waals surface area (Å²) in [4.78, 5) is 10.9. The number of methoxy groups -OCH3 is 1. The number of carbonyl (C=O) groups excluding carboxylic acids is 1. The van der Waals surface area contributed by atoms with Crippen LogP contribution in [0.25, 0.3) is 0 Å². The molecule has 1 amide bonds. The number of nitrogens with one attached hydrogen (secondary N) is 1. The third kappa shape index (κ3) is 3.22. The predicted molar refractivity (Wildman–Crippen MR) is 46.8 cm³/mol. The zero-order chi connectivity index (χ0) is 8.81. The number of ether oxygens (including phenoxy) is 1. The molecule has 1 rings (SSSR count). The van der Waals surface area contributed by atoms with Crippen molar-refractivity contribution in [1.82, 2.24) is 5.32 Å². The molecular formula is C9H17NO2. The Balaban J connectivity index is 1.90. The fourth-order valence-corrected chi connectivity index (χ4v) is 1.38. The van der Waals surface area contributed by atoms with Crippen molar-refractivity contribution in [3.8, 4) is 0 Å². The Labute approximate surface area is 73.5 Å². The van der Waals surface area contributed by atoms with Gasteiger partial charge in [-0.05, 0) is 12.3 Å². The zero-order valence-electron chi connectivity index (χ0n) is 7.64. The summed E-state index contributed by atoms with van der Waals surface area (Å²) in [6.07, 6.45) is 5.20. The first-order chi connectivity index (χ1) is 5.83. The molecule has 0 atom stereocenters. The second-order valence-corrected chi connectivity index (χ2v) is 3.37. The first kappa shape index (κ1) is 9.52. The van der Waals surface area contributed by atoms with E-state index >= 15 is 0 Å². The van der Waals surface area contributed by atoms with Crippen molar-refractivity contribution in [3.63, 3.8) is 0 Å². The summed E-state index contributed by atoms with van der Waals surface area (Å²) >= 11 is 0. The molecule has 1 aliphatic carbocycles. The average Bonchev–Trinajstić information content (AvgIpc) is 1.95. The summed E-state index contributed by atoms with van der Waals surface area (Å²) in [7, 11) is 1.53. The van der Waals surface area contributed by atoms with Crippen LogP contribution in [0.3, 0.4) is 0 Å². The SMILES string of the molecule is COCC(=O)NCCC1CCC1. The highest BCUT2D eigenvalue weighted by Gasteiger charge is 2.16. The van der Waals surface area contributed by atoms with Crippen molar-refractivity contribution in [3.05, 3.63) is 0 Å². The Hall–Kier alpha value is -0.570. The van der Waals surface area contributed by atoms with Gasteiger partial charge < -0.3 is 10.1 Å². The van der Waals surface area contributed by atoms with E-state index < -0.39 is 0 Å². The second kappa shape index (κ2) is 5.14. The predicted octanol–water partition coefficient (Wildman–Crippen LogP) is 0.939. The van der Waals surface area contributed by atoms with Crippen LogP contribution >= 0.6 is 0 Å². The van der Waals surface area contributed by atoms with Gasteiger partial charge in [0.15, 0.2) is 0 Å². The fraction of sp³-hybridized carbons (Fsp3) is 0.889. The monoisotopic (exact) mass is 171 g/mol. The third-order valence-corrected chi connectivity index (χ3v) is 2.37. The van der Waals surface area contributed by atoms with Gasteiger partial charge in [0.2, 0.25) is 5.91 Å². The van der Waals surface area contributed by atoms with Crippen LogP contribution in [-0.2, 0) is 9.53 Å². The summed E-state index contributed by atoms with van der Waals surface area (Å²) < 4.78 is 4.69. The summed E-state index contributed by atoms with van der Waals surface area (Å²) in [5.41, 5.74) is 0. The van der Waals surface area contributed by atoms with Crippen LogP contribution in [0.1, 0.15) is 25.7 Å². The van der Waals surface area contributed by atoms with Crippen LogP contribution in [0.15, 0.2) is 0 Å². The molecule has 1 aliphatic rings. The average molecular weight is 171 g/mol. The standard InChI is InChI=1S/C9H17NO2/c1-12-7-9(11)10-6-5-8-3-2-4-8/h8H,2-7H2,1H3,(H,10,11). The van der Waals surface area contributed by atoms with Crippen molar-refractivity contribution in [2.45, 2.75) is 25.7 Å². The largest absolute Gasteiger partial charge is 0.375 e. The minimum Gasteiger partial charge on any atom is -0.375 e. The van der Waals surface area contributed by atoms with Crippen LogP contribution in [0.4, 0.5) is 0 Å². The Bertz CT molecular complexity index is 143. The fourth-order valence-electron chi connectivity index (χ4n) is 1.38. The number of rotatable bonds is 5. The van der Waals surface area contributed by atoms with Gasteiger partial charge in [0.05, 0.1) is 0 Å². The Kier molecular flexibility index (Phi) is 4.08. The molecule has 0 aromatic carbocycles. The Morgan fingerprint density at radius 3 is 2.83 bits per heavy atom. The van der Waals surface area contributed by atoms with Crippen LogP contribution in [0, 0.1) is 5.92 Å². The van der Waals surface area contributed by atoms with E-state index in [1.807, 2.05) is 0 Å². The van der Waals surface area contributed by atoms with Crippen molar-refractivity contribution in [2.75, 3.05) is 20.3 Å². The molecule has 0 aromatic rings. The molecule has 0 bridgehead atoms. The quantitative estimate of drug-likeness (QED) is 0.668. The maximum atomic E-state index is 10.9. The van der Waals surface area contributed by atoms with Crippen LogP contribution in [0.2, 0.25) is 0 Å². The Morgan fingerprint density at radius 2 is 2.33 bits per heavy atom. The van der Waals surface area contributed by atoms with Gasteiger partial charge in [0.25, 0.3) is 0 Å². The lowest BCUT2D eigenvalue weighted by atomic mass is 9.83. The molecule has 0 radical (unpaired) electrons. The van der Waals surface area contributed by atoms with Gasteiger partial charge in [-0.25, -0.2) is 0 Å². The smallest absolute Gasteiger partial charge is 0.245 e. The van der Waals surface area contributed by atoms with Crippen molar-refractivity contribution >= 4 is 5.91 Å². The first-order valence-corrected chi connectivity index (χ1v) is 4.58. The van der Waals surface area contributed by atoms with Crippen LogP contribution < -0.4 is 5.32 Å². The lowest BCUT2D eigenvalue weighted by molar-refractivity contribution is -0.124. The molecular weight excluding hydrogens is 154 g/mol. The molecule has 0 heterocycles. The minimum absolute atomic E-state index is 0.00294. The van der Waals surface area contributed by atoms with E-state index in [0.29, 0.717) is 0 Å². The van der Waals surface area contributed by atoms with Crippen LogP contribution in [-0.4, -0.2) is 26.2 Å². The molecule has 1 saturated carbocycles. The van der Waals surface area contributed by atoms with Crippen LogP contribution in [0.5, 0.6) is 0 Å². The molecule has 1 N–H and O–H groups in total. The van der Waals surface area contributed by atoms with Gasteiger partial charge >= 0.3 is 0 Å². The van der Waals surface area contributed by atoms with Gasteiger partial charge in [0.1, 0.15) is 6.61 Å². The second-order valence-electron chi connectivity index (χ2n) is 3.37. The molecule has 70 valence electrons. The van der Waals surface area contributed by atoms with Gasteiger partial charge in [0, 0.05) is 13.7 Å². The topological polar surface area (TPSA) is 38.3 Å².